The van der Waals surface area contributed by atoms with Crippen LogP contribution in [0.2, 0.25) is 0 Å². The molecular weight excluding hydrogens is 438 g/mol. The lowest BCUT2D eigenvalue weighted by molar-refractivity contribution is 0.0600. The summed E-state index contributed by atoms with van der Waals surface area (Å²) in [7, 11) is 5.25. The quantitative estimate of drug-likeness (QED) is 0.468. The Bertz CT molecular complexity index is 1040. The minimum absolute atomic E-state index is 0. The Morgan fingerprint density at radius 1 is 1.03 bits per heavy atom. The molecule has 0 saturated carbocycles. The maximum Gasteiger partial charge on any atom is 0.337 e. The fourth-order valence-electron chi connectivity index (χ4n) is 2.87. The van der Waals surface area contributed by atoms with Crippen molar-refractivity contribution >= 4 is 51.0 Å². The zero-order valence-corrected chi connectivity index (χ0v) is 19.6. The first-order valence-electron chi connectivity index (χ1n) is 9.61. The molecule has 0 spiro atoms. The average molecular weight is 464 g/mol. The Labute approximate surface area is 192 Å². The predicted octanol–water partition coefficient (Wildman–Crippen LogP) is 4.11. The number of hydrogen-bond donors (Lipinski definition) is 0. The van der Waals surface area contributed by atoms with Gasteiger partial charge in [-0.15, -0.1) is 12.4 Å². The van der Waals surface area contributed by atoms with Crippen LogP contribution in [0.25, 0.3) is 10.2 Å². The van der Waals surface area contributed by atoms with Crippen molar-refractivity contribution in [3.8, 4) is 5.75 Å². The molecule has 0 N–H and O–H groups in total. The van der Waals surface area contributed by atoms with Crippen LogP contribution in [-0.2, 0) is 4.74 Å². The summed E-state index contributed by atoms with van der Waals surface area (Å²) >= 11 is 1.45. The molecule has 0 bridgehead atoms. The molecule has 0 aliphatic heterocycles. The van der Waals surface area contributed by atoms with E-state index in [1.807, 2.05) is 44.1 Å². The van der Waals surface area contributed by atoms with E-state index < -0.39 is 5.97 Å². The van der Waals surface area contributed by atoms with Crippen LogP contribution >= 0.6 is 23.7 Å². The van der Waals surface area contributed by atoms with Crippen molar-refractivity contribution in [2.24, 2.45) is 0 Å². The Hall–Kier alpha value is -2.68. The number of carbonyl (C=O) groups is 2. The number of fused-ring (bicyclic) bond motifs is 1. The topological polar surface area (TPSA) is 72.0 Å². The first kappa shape index (κ1) is 24.6. The number of esters is 1. The Morgan fingerprint density at radius 3 is 2.32 bits per heavy atom. The third-order valence-electron chi connectivity index (χ3n) is 4.46. The van der Waals surface area contributed by atoms with Crippen molar-refractivity contribution in [2.75, 3.05) is 45.8 Å². The number of nitrogens with zero attached hydrogens (tertiary/aromatic N) is 3. The lowest BCUT2D eigenvalue weighted by atomic mass is 10.1. The van der Waals surface area contributed by atoms with Gasteiger partial charge in [-0.05, 0) is 63.5 Å². The molecule has 3 aromatic rings. The first-order valence-corrected chi connectivity index (χ1v) is 10.4. The number of methoxy groups -OCH3 is 1. The number of aromatic nitrogens is 1. The van der Waals surface area contributed by atoms with Gasteiger partial charge >= 0.3 is 5.97 Å². The number of hydrogen-bond acceptors (Lipinski definition) is 7. The van der Waals surface area contributed by atoms with Crippen LogP contribution in [0.4, 0.5) is 5.13 Å². The number of thiazole rings is 1. The SMILES string of the molecule is CCOc1ccc2nc(N(CCN(C)C)C(=O)c3ccc(C(=O)OC)cc3)sc2c1.Cl. The number of halogens is 1. The summed E-state index contributed by atoms with van der Waals surface area (Å²) in [4.78, 5) is 33.3. The molecule has 1 aromatic heterocycles. The van der Waals surface area contributed by atoms with Gasteiger partial charge in [0.1, 0.15) is 5.75 Å². The van der Waals surface area contributed by atoms with E-state index in [1.165, 1.54) is 18.4 Å². The van der Waals surface area contributed by atoms with E-state index in [2.05, 4.69) is 4.98 Å². The Morgan fingerprint density at radius 2 is 1.71 bits per heavy atom. The van der Waals surface area contributed by atoms with Crippen LogP contribution in [-0.4, -0.2) is 62.7 Å². The second kappa shape index (κ2) is 11.1. The second-order valence-electron chi connectivity index (χ2n) is 6.89. The van der Waals surface area contributed by atoms with Gasteiger partial charge in [0, 0.05) is 18.7 Å². The number of benzene rings is 2. The molecule has 2 aromatic carbocycles. The number of likely N-dealkylation sites (N-methyl/N-ethyl adjacent to an activating group) is 1. The molecule has 7 nitrogen and oxygen atoms in total. The lowest BCUT2D eigenvalue weighted by Gasteiger charge is -2.22. The molecule has 9 heteroatoms. The van der Waals surface area contributed by atoms with Crippen molar-refractivity contribution in [3.63, 3.8) is 0 Å². The standard InChI is InChI=1S/C22H25N3O4S.ClH/c1-5-29-17-10-11-18-19(14-17)30-22(23-18)25(13-12-24(2)3)20(26)15-6-8-16(9-7-15)21(27)28-4;/h6-11,14H,5,12-13H2,1-4H3;1H. The fourth-order valence-corrected chi connectivity index (χ4v) is 3.89. The van der Waals surface area contributed by atoms with Gasteiger partial charge < -0.3 is 14.4 Å². The summed E-state index contributed by atoms with van der Waals surface area (Å²) in [6, 6.07) is 12.2. The zero-order valence-electron chi connectivity index (χ0n) is 18.0. The van der Waals surface area contributed by atoms with Crippen molar-refractivity contribution in [1.29, 1.82) is 0 Å². The molecule has 31 heavy (non-hydrogen) atoms. The van der Waals surface area contributed by atoms with Gasteiger partial charge in [-0.1, -0.05) is 11.3 Å². The second-order valence-corrected chi connectivity index (χ2v) is 7.90. The molecule has 0 aliphatic rings. The molecular formula is C22H26ClN3O4S. The molecule has 1 heterocycles. The Balaban J connectivity index is 0.00000341. The summed E-state index contributed by atoms with van der Waals surface area (Å²) < 4.78 is 11.3. The molecule has 0 aliphatic carbocycles. The van der Waals surface area contributed by atoms with Crippen molar-refractivity contribution in [3.05, 3.63) is 53.6 Å². The lowest BCUT2D eigenvalue weighted by Crippen LogP contribution is -2.36. The molecule has 1 amide bonds. The summed E-state index contributed by atoms with van der Waals surface area (Å²) in [6.07, 6.45) is 0. The smallest absolute Gasteiger partial charge is 0.337 e. The van der Waals surface area contributed by atoms with E-state index >= 15 is 0 Å². The minimum Gasteiger partial charge on any atom is -0.494 e. The van der Waals surface area contributed by atoms with Gasteiger partial charge in [-0.2, -0.15) is 0 Å². The maximum atomic E-state index is 13.3. The first-order chi connectivity index (χ1) is 14.4. The molecule has 3 rings (SSSR count). The molecule has 166 valence electrons. The van der Waals surface area contributed by atoms with Gasteiger partial charge in [0.05, 0.1) is 29.5 Å². The zero-order chi connectivity index (χ0) is 21.7. The molecule has 0 unspecified atom stereocenters. The fraction of sp³-hybridized carbons (Fsp3) is 0.318. The Kier molecular flexibility index (Phi) is 8.79. The van der Waals surface area contributed by atoms with E-state index in [1.54, 1.807) is 29.2 Å². The number of amides is 1. The molecule has 0 saturated heterocycles. The highest BCUT2D eigenvalue weighted by Gasteiger charge is 2.22. The third kappa shape index (κ3) is 5.94. The molecule has 0 fully saturated rings. The van der Waals surface area contributed by atoms with Gasteiger partial charge in [0.2, 0.25) is 0 Å². The predicted molar refractivity (Wildman–Crippen MR) is 126 cm³/mol. The van der Waals surface area contributed by atoms with Crippen LogP contribution in [0, 0.1) is 0 Å². The monoisotopic (exact) mass is 463 g/mol. The van der Waals surface area contributed by atoms with E-state index in [0.29, 0.717) is 36.0 Å². The van der Waals surface area contributed by atoms with Gasteiger partial charge in [0.25, 0.3) is 5.91 Å². The molecule has 0 radical (unpaired) electrons. The van der Waals surface area contributed by atoms with Crippen LogP contribution in [0.15, 0.2) is 42.5 Å². The van der Waals surface area contributed by atoms with Crippen LogP contribution in [0.1, 0.15) is 27.6 Å². The highest BCUT2D eigenvalue weighted by Crippen LogP contribution is 2.32. The summed E-state index contributed by atoms with van der Waals surface area (Å²) in [5, 5.41) is 0.627. The summed E-state index contributed by atoms with van der Waals surface area (Å²) in [5.74, 6) is 0.178. The number of rotatable bonds is 8. The average Bonchev–Trinajstić information content (AvgIpc) is 3.16. The number of anilines is 1. The minimum atomic E-state index is -0.435. The van der Waals surface area contributed by atoms with Gasteiger partial charge in [-0.25, -0.2) is 9.78 Å². The largest absolute Gasteiger partial charge is 0.494 e. The van der Waals surface area contributed by atoms with E-state index in [-0.39, 0.29) is 18.3 Å². The number of carbonyl (C=O) groups excluding carboxylic acids is 2. The summed E-state index contributed by atoms with van der Waals surface area (Å²) in [5.41, 5.74) is 1.70. The van der Waals surface area contributed by atoms with E-state index in [4.69, 9.17) is 9.47 Å². The number of ether oxygens (including phenoxy) is 2. The normalized spacial score (nSPS) is 10.6. The molecule has 0 atom stereocenters. The summed E-state index contributed by atoms with van der Waals surface area (Å²) in [6.45, 7) is 3.70. The third-order valence-corrected chi connectivity index (χ3v) is 5.50. The maximum absolute atomic E-state index is 13.3. The van der Waals surface area contributed by atoms with Gasteiger partial charge in [0.15, 0.2) is 5.13 Å². The van der Waals surface area contributed by atoms with Crippen molar-refractivity contribution in [1.82, 2.24) is 9.88 Å². The van der Waals surface area contributed by atoms with Crippen molar-refractivity contribution < 1.29 is 19.1 Å². The highest BCUT2D eigenvalue weighted by atomic mass is 35.5. The van der Waals surface area contributed by atoms with Crippen LogP contribution in [0.3, 0.4) is 0 Å². The van der Waals surface area contributed by atoms with Crippen molar-refractivity contribution in [2.45, 2.75) is 6.92 Å². The van der Waals surface area contributed by atoms with Crippen LogP contribution < -0.4 is 9.64 Å². The highest BCUT2D eigenvalue weighted by molar-refractivity contribution is 7.22. The van der Waals surface area contributed by atoms with Gasteiger partial charge in [-0.3, -0.25) is 9.69 Å². The van der Waals surface area contributed by atoms with E-state index in [0.717, 1.165) is 16.0 Å². The van der Waals surface area contributed by atoms with E-state index in [9.17, 15) is 9.59 Å². The van der Waals surface area contributed by atoms with Crippen LogP contribution in [0.5, 0.6) is 5.75 Å².